The Balaban J connectivity index is 1.97. The number of benzene rings is 1. The van der Waals surface area contributed by atoms with Crippen molar-refractivity contribution < 1.29 is 17.9 Å². The number of aromatic nitrogens is 1. The fourth-order valence-electron chi connectivity index (χ4n) is 2.28. The number of carbonyl (C=O) groups excluding carboxylic acids is 1. The molecule has 1 aliphatic rings. The minimum Gasteiger partial charge on any atom is -0.479 e. The van der Waals surface area contributed by atoms with E-state index in [9.17, 15) is 13.2 Å². The van der Waals surface area contributed by atoms with Crippen molar-refractivity contribution >= 4 is 27.4 Å². The molecular formula is C15H15N3O4S. The maximum absolute atomic E-state index is 12.4. The highest BCUT2D eigenvalue weighted by molar-refractivity contribution is 7.92. The predicted molar refractivity (Wildman–Crippen MR) is 85.0 cm³/mol. The van der Waals surface area contributed by atoms with Crippen LogP contribution < -0.4 is 14.4 Å². The van der Waals surface area contributed by atoms with Crippen LogP contribution in [0.15, 0.2) is 47.5 Å². The standard InChI is InChI=1S/C15H15N3O4S/c1-10-15(19)18(2)12-9-11(6-7-13(12)22-10)23(20,21)17-14-5-3-4-8-16-14/h3-10H,1-2H3,(H,16,17). The topological polar surface area (TPSA) is 88.6 Å². The van der Waals surface area contributed by atoms with Crippen LogP contribution >= 0.6 is 0 Å². The van der Waals surface area contributed by atoms with E-state index in [1.54, 1.807) is 38.2 Å². The van der Waals surface area contributed by atoms with Gasteiger partial charge in [-0.15, -0.1) is 0 Å². The number of pyridine rings is 1. The van der Waals surface area contributed by atoms with Crippen molar-refractivity contribution in [1.29, 1.82) is 0 Å². The summed E-state index contributed by atoms with van der Waals surface area (Å²) in [6, 6.07) is 9.30. The molecule has 3 rings (SSSR count). The van der Waals surface area contributed by atoms with Crippen molar-refractivity contribution in [2.75, 3.05) is 16.7 Å². The van der Waals surface area contributed by atoms with Crippen LogP contribution in [0, 0.1) is 0 Å². The summed E-state index contributed by atoms with van der Waals surface area (Å²) in [6.45, 7) is 1.65. The first-order valence-corrected chi connectivity index (χ1v) is 8.39. The van der Waals surface area contributed by atoms with E-state index in [0.29, 0.717) is 11.4 Å². The number of hydrogen-bond acceptors (Lipinski definition) is 5. The monoisotopic (exact) mass is 333 g/mol. The lowest BCUT2D eigenvalue weighted by Gasteiger charge is -2.30. The Morgan fingerprint density at radius 3 is 2.74 bits per heavy atom. The van der Waals surface area contributed by atoms with Gasteiger partial charge >= 0.3 is 0 Å². The van der Waals surface area contributed by atoms with Crippen LogP contribution in [0.4, 0.5) is 11.5 Å². The number of amides is 1. The van der Waals surface area contributed by atoms with Crippen LogP contribution in [0.25, 0.3) is 0 Å². The number of carbonyl (C=O) groups is 1. The fraction of sp³-hybridized carbons (Fsp3) is 0.200. The summed E-state index contributed by atoms with van der Waals surface area (Å²) < 4.78 is 32.8. The lowest BCUT2D eigenvalue weighted by Crippen LogP contribution is -2.42. The Kier molecular flexibility index (Phi) is 3.69. The Bertz CT molecular complexity index is 852. The second-order valence-corrected chi connectivity index (χ2v) is 6.79. The summed E-state index contributed by atoms with van der Waals surface area (Å²) in [5.74, 6) is 0.459. The van der Waals surface area contributed by atoms with Crippen LogP contribution in [0.1, 0.15) is 6.92 Å². The smallest absolute Gasteiger partial charge is 0.267 e. The zero-order valence-corrected chi connectivity index (χ0v) is 13.4. The fourth-order valence-corrected chi connectivity index (χ4v) is 3.31. The molecule has 23 heavy (non-hydrogen) atoms. The summed E-state index contributed by atoms with van der Waals surface area (Å²) in [5, 5.41) is 0. The number of hydrogen-bond donors (Lipinski definition) is 1. The van der Waals surface area contributed by atoms with Crippen LogP contribution in [-0.2, 0) is 14.8 Å². The van der Waals surface area contributed by atoms with E-state index in [-0.39, 0.29) is 16.6 Å². The molecule has 7 nitrogen and oxygen atoms in total. The highest BCUT2D eigenvalue weighted by atomic mass is 32.2. The molecule has 1 atom stereocenters. The van der Waals surface area contributed by atoms with Gasteiger partial charge in [-0.25, -0.2) is 13.4 Å². The van der Waals surface area contributed by atoms with E-state index in [1.807, 2.05) is 0 Å². The van der Waals surface area contributed by atoms with E-state index in [4.69, 9.17) is 4.74 Å². The average Bonchev–Trinajstić information content (AvgIpc) is 2.53. The van der Waals surface area contributed by atoms with Crippen LogP contribution in [0.2, 0.25) is 0 Å². The number of likely N-dealkylation sites (N-methyl/N-ethyl adjacent to an activating group) is 1. The molecule has 120 valence electrons. The lowest BCUT2D eigenvalue weighted by molar-refractivity contribution is -0.125. The predicted octanol–water partition coefficient (Wildman–Crippen LogP) is 1.63. The van der Waals surface area contributed by atoms with Gasteiger partial charge in [-0.2, -0.15) is 0 Å². The second-order valence-electron chi connectivity index (χ2n) is 5.11. The number of rotatable bonds is 3. The van der Waals surface area contributed by atoms with Gasteiger partial charge in [-0.05, 0) is 37.3 Å². The summed E-state index contributed by atoms with van der Waals surface area (Å²) in [5.41, 5.74) is 0.414. The summed E-state index contributed by atoms with van der Waals surface area (Å²) in [6.07, 6.45) is 0.897. The maximum atomic E-state index is 12.4. The first-order valence-electron chi connectivity index (χ1n) is 6.90. The molecule has 2 heterocycles. The molecule has 8 heteroatoms. The molecule has 0 aliphatic carbocycles. The Labute approximate surface area is 134 Å². The number of nitrogens with zero attached hydrogens (tertiary/aromatic N) is 2. The summed E-state index contributed by atoms with van der Waals surface area (Å²) in [4.78, 5) is 17.3. The van der Waals surface area contributed by atoms with Crippen molar-refractivity contribution in [3.8, 4) is 5.75 Å². The van der Waals surface area contributed by atoms with Gasteiger partial charge in [0.05, 0.1) is 10.6 Å². The Morgan fingerprint density at radius 1 is 1.26 bits per heavy atom. The van der Waals surface area contributed by atoms with Crippen molar-refractivity contribution in [1.82, 2.24) is 4.98 Å². The minimum atomic E-state index is -3.81. The number of fused-ring (bicyclic) bond motifs is 1. The maximum Gasteiger partial charge on any atom is 0.267 e. The van der Waals surface area contributed by atoms with Crippen LogP contribution in [0.5, 0.6) is 5.75 Å². The number of sulfonamides is 1. The molecule has 2 aromatic rings. The highest BCUT2D eigenvalue weighted by Crippen LogP contribution is 2.35. The molecule has 1 aliphatic heterocycles. The molecule has 1 unspecified atom stereocenters. The minimum absolute atomic E-state index is 0.0275. The van der Waals surface area contributed by atoms with E-state index < -0.39 is 16.1 Å². The molecule has 0 saturated carbocycles. The van der Waals surface area contributed by atoms with Crippen molar-refractivity contribution in [3.05, 3.63) is 42.6 Å². The summed E-state index contributed by atoms with van der Waals surface area (Å²) >= 11 is 0. The second kappa shape index (κ2) is 5.54. The van der Waals surface area contributed by atoms with Gasteiger partial charge in [0.1, 0.15) is 11.6 Å². The average molecular weight is 333 g/mol. The number of ether oxygens (including phenoxy) is 1. The van der Waals surface area contributed by atoms with Gasteiger partial charge < -0.3 is 9.64 Å². The van der Waals surface area contributed by atoms with E-state index in [1.165, 1.54) is 23.2 Å². The van der Waals surface area contributed by atoms with E-state index in [2.05, 4.69) is 9.71 Å². The van der Waals surface area contributed by atoms with Crippen LogP contribution in [0.3, 0.4) is 0 Å². The van der Waals surface area contributed by atoms with Gasteiger partial charge in [0.2, 0.25) is 0 Å². The zero-order valence-electron chi connectivity index (χ0n) is 12.6. The van der Waals surface area contributed by atoms with Gasteiger partial charge in [-0.3, -0.25) is 9.52 Å². The Hall–Kier alpha value is -2.61. The lowest BCUT2D eigenvalue weighted by atomic mass is 10.2. The first kappa shape index (κ1) is 15.3. The molecule has 0 spiro atoms. The molecule has 1 aromatic heterocycles. The zero-order chi connectivity index (χ0) is 16.6. The molecule has 1 N–H and O–H groups in total. The quantitative estimate of drug-likeness (QED) is 0.922. The van der Waals surface area contributed by atoms with Gasteiger partial charge in [0.15, 0.2) is 6.10 Å². The molecule has 0 radical (unpaired) electrons. The van der Waals surface area contributed by atoms with Crippen LogP contribution in [-0.4, -0.2) is 32.5 Å². The molecule has 0 fully saturated rings. The Morgan fingerprint density at radius 2 is 2.04 bits per heavy atom. The van der Waals surface area contributed by atoms with Gasteiger partial charge in [0.25, 0.3) is 15.9 Å². The molecule has 1 aromatic carbocycles. The van der Waals surface area contributed by atoms with Crippen molar-refractivity contribution in [2.45, 2.75) is 17.9 Å². The normalized spacial score (nSPS) is 17.4. The van der Waals surface area contributed by atoms with Gasteiger partial charge in [-0.1, -0.05) is 6.07 Å². The molecule has 0 saturated heterocycles. The number of nitrogens with one attached hydrogen (secondary N) is 1. The van der Waals surface area contributed by atoms with Crippen molar-refractivity contribution in [2.24, 2.45) is 0 Å². The molecular weight excluding hydrogens is 318 g/mol. The van der Waals surface area contributed by atoms with E-state index >= 15 is 0 Å². The molecule has 1 amide bonds. The van der Waals surface area contributed by atoms with Gasteiger partial charge in [0, 0.05) is 13.2 Å². The third kappa shape index (κ3) is 2.85. The third-order valence-electron chi connectivity index (χ3n) is 3.49. The highest BCUT2D eigenvalue weighted by Gasteiger charge is 2.30. The van der Waals surface area contributed by atoms with Crippen molar-refractivity contribution in [3.63, 3.8) is 0 Å². The third-order valence-corrected chi connectivity index (χ3v) is 4.84. The first-order chi connectivity index (χ1) is 10.9. The summed E-state index contributed by atoms with van der Waals surface area (Å²) in [7, 11) is -2.22. The largest absolute Gasteiger partial charge is 0.479 e. The van der Waals surface area contributed by atoms with E-state index in [0.717, 1.165) is 0 Å². The SMILES string of the molecule is CC1Oc2ccc(S(=O)(=O)Nc3ccccn3)cc2N(C)C1=O. The number of anilines is 2. The molecule has 0 bridgehead atoms.